The molecular formula is C7H3F6OS. The zero-order valence-corrected chi connectivity index (χ0v) is 7.59. The number of alkyl halides is 6. The summed E-state index contributed by atoms with van der Waals surface area (Å²) in [5.41, 5.74) is -4.81. The average Bonchev–Trinajstić information content (AvgIpc) is 2.49. The van der Waals surface area contributed by atoms with Crippen LogP contribution in [-0.2, 0) is 5.60 Å². The van der Waals surface area contributed by atoms with Crippen LogP contribution in [0.15, 0.2) is 12.1 Å². The summed E-state index contributed by atoms with van der Waals surface area (Å²) in [6.45, 7) is 0. The van der Waals surface area contributed by atoms with Gasteiger partial charge in [-0.15, -0.1) is 11.3 Å². The van der Waals surface area contributed by atoms with E-state index in [1.54, 1.807) is 0 Å². The van der Waals surface area contributed by atoms with E-state index in [0.29, 0.717) is 6.07 Å². The van der Waals surface area contributed by atoms with Gasteiger partial charge in [-0.2, -0.15) is 26.3 Å². The molecule has 0 fully saturated rings. The van der Waals surface area contributed by atoms with E-state index in [0.717, 1.165) is 6.07 Å². The lowest BCUT2D eigenvalue weighted by molar-refractivity contribution is -0.374. The zero-order chi connectivity index (χ0) is 11.9. The van der Waals surface area contributed by atoms with Crippen molar-refractivity contribution in [3.63, 3.8) is 0 Å². The van der Waals surface area contributed by atoms with Gasteiger partial charge in [-0.3, -0.25) is 0 Å². The normalized spacial score (nSPS) is 14.3. The molecule has 0 aliphatic rings. The molecule has 0 unspecified atom stereocenters. The van der Waals surface area contributed by atoms with Crippen LogP contribution in [0.25, 0.3) is 0 Å². The molecule has 8 heteroatoms. The predicted molar refractivity (Wildman–Crippen MR) is 39.2 cm³/mol. The smallest absolute Gasteiger partial charge is 0.369 e. The first kappa shape index (κ1) is 12.3. The Bertz CT molecular complexity index is 310. The van der Waals surface area contributed by atoms with Crippen LogP contribution in [0.1, 0.15) is 4.88 Å². The minimum Gasteiger partial charge on any atom is -0.369 e. The molecule has 0 bridgehead atoms. The Morgan fingerprint density at radius 2 is 1.53 bits per heavy atom. The molecule has 0 saturated carbocycles. The highest BCUT2D eigenvalue weighted by molar-refractivity contribution is 7.09. The lowest BCUT2D eigenvalue weighted by Gasteiger charge is -2.31. The topological polar surface area (TPSA) is 20.2 Å². The van der Waals surface area contributed by atoms with Gasteiger partial charge >= 0.3 is 12.4 Å². The van der Waals surface area contributed by atoms with E-state index in [1.165, 1.54) is 0 Å². The summed E-state index contributed by atoms with van der Waals surface area (Å²) < 4.78 is 73.1. The van der Waals surface area contributed by atoms with Gasteiger partial charge in [0.2, 0.25) is 0 Å². The second kappa shape index (κ2) is 3.38. The summed E-state index contributed by atoms with van der Waals surface area (Å²) in [6.07, 6.45) is -11.6. The van der Waals surface area contributed by atoms with Gasteiger partial charge < -0.3 is 5.11 Å². The number of thiophene rings is 1. The van der Waals surface area contributed by atoms with Gasteiger partial charge in [0.1, 0.15) is 0 Å². The molecule has 0 saturated heterocycles. The van der Waals surface area contributed by atoms with E-state index in [9.17, 15) is 26.3 Å². The largest absolute Gasteiger partial charge is 0.431 e. The lowest BCUT2D eigenvalue weighted by atomic mass is 10.0. The van der Waals surface area contributed by atoms with Gasteiger partial charge in [0.15, 0.2) is 0 Å². The van der Waals surface area contributed by atoms with Gasteiger partial charge in [0.05, 0.1) is 4.88 Å². The van der Waals surface area contributed by atoms with Crippen molar-refractivity contribution in [3.05, 3.63) is 22.4 Å². The number of hydrogen-bond donors (Lipinski definition) is 1. The third-order valence-corrected chi connectivity index (χ3v) is 2.55. The summed E-state index contributed by atoms with van der Waals surface area (Å²) >= 11 is 0.0686. The van der Waals surface area contributed by atoms with Crippen LogP contribution in [0, 0.1) is 5.38 Å². The SMILES string of the molecule is OC(c1cc[c]s1)(C(F)(F)F)C(F)(F)F. The maximum atomic E-state index is 12.2. The molecule has 1 radical (unpaired) electrons. The molecule has 0 aliphatic heterocycles. The molecule has 15 heavy (non-hydrogen) atoms. The van der Waals surface area contributed by atoms with Crippen molar-refractivity contribution < 1.29 is 31.4 Å². The predicted octanol–water partition coefficient (Wildman–Crippen LogP) is 2.86. The summed E-state index contributed by atoms with van der Waals surface area (Å²) in [7, 11) is 0. The number of rotatable bonds is 1. The summed E-state index contributed by atoms with van der Waals surface area (Å²) in [6, 6.07) is 1.41. The molecule has 0 aromatic carbocycles. The maximum Gasteiger partial charge on any atom is 0.431 e. The maximum absolute atomic E-state index is 12.2. The molecule has 1 aromatic rings. The van der Waals surface area contributed by atoms with Crippen molar-refractivity contribution in [1.82, 2.24) is 0 Å². The number of halogens is 6. The van der Waals surface area contributed by atoms with Crippen LogP contribution in [0.3, 0.4) is 0 Å². The Labute approximate surface area is 84.0 Å². The zero-order valence-electron chi connectivity index (χ0n) is 6.78. The Hall–Kier alpha value is -0.760. The molecular weight excluding hydrogens is 246 g/mol. The molecule has 0 amide bonds. The van der Waals surface area contributed by atoms with Gasteiger partial charge in [-0.05, 0) is 12.1 Å². The second-order valence-corrected chi connectivity index (χ2v) is 3.50. The van der Waals surface area contributed by atoms with Crippen molar-refractivity contribution >= 4 is 11.3 Å². The fourth-order valence-corrected chi connectivity index (χ4v) is 1.65. The van der Waals surface area contributed by atoms with Crippen molar-refractivity contribution in [1.29, 1.82) is 0 Å². The van der Waals surface area contributed by atoms with Crippen molar-refractivity contribution in [2.45, 2.75) is 18.0 Å². The second-order valence-electron chi connectivity index (χ2n) is 2.62. The third kappa shape index (κ3) is 1.83. The Balaban J connectivity index is 3.33. The van der Waals surface area contributed by atoms with E-state index in [1.807, 2.05) is 0 Å². The van der Waals surface area contributed by atoms with Gasteiger partial charge in [0, 0.05) is 5.38 Å². The van der Waals surface area contributed by atoms with Gasteiger partial charge in [-0.25, -0.2) is 0 Å². The quantitative estimate of drug-likeness (QED) is 0.759. The van der Waals surface area contributed by atoms with Crippen LogP contribution in [0.2, 0.25) is 0 Å². The van der Waals surface area contributed by atoms with Crippen molar-refractivity contribution in [3.8, 4) is 0 Å². The highest BCUT2D eigenvalue weighted by atomic mass is 32.1. The monoisotopic (exact) mass is 249 g/mol. The fourth-order valence-electron chi connectivity index (χ4n) is 0.876. The minimum absolute atomic E-state index is 0.0686. The van der Waals surface area contributed by atoms with E-state index < -0.39 is 22.8 Å². The first-order valence-electron chi connectivity index (χ1n) is 3.43. The average molecular weight is 249 g/mol. The fraction of sp³-hybridized carbons (Fsp3) is 0.429. The van der Waals surface area contributed by atoms with Gasteiger partial charge in [-0.1, -0.05) is 0 Å². The first-order chi connectivity index (χ1) is 6.61. The standard InChI is InChI=1S/C7H3F6OS/c8-6(9,10)5(14,7(11,12)13)4-2-1-3-15-4/h1-2,14H. The Kier molecular flexibility index (Phi) is 2.77. The van der Waals surface area contributed by atoms with Crippen molar-refractivity contribution in [2.24, 2.45) is 0 Å². The Morgan fingerprint density at radius 3 is 1.80 bits per heavy atom. The van der Waals surface area contributed by atoms with Crippen LogP contribution < -0.4 is 0 Å². The summed E-state index contributed by atoms with van der Waals surface area (Å²) in [5, 5.41) is 10.8. The summed E-state index contributed by atoms with van der Waals surface area (Å²) in [4.78, 5) is -1.25. The molecule has 1 N–H and O–H groups in total. The summed E-state index contributed by atoms with van der Waals surface area (Å²) in [5.74, 6) is 0. The highest BCUT2D eigenvalue weighted by Crippen LogP contribution is 2.51. The molecule has 0 spiro atoms. The molecule has 1 aromatic heterocycles. The van der Waals surface area contributed by atoms with Crippen LogP contribution in [0.4, 0.5) is 26.3 Å². The van der Waals surface area contributed by atoms with E-state index in [4.69, 9.17) is 5.11 Å². The third-order valence-electron chi connectivity index (χ3n) is 1.65. The van der Waals surface area contributed by atoms with Gasteiger partial charge in [0.25, 0.3) is 5.60 Å². The lowest BCUT2D eigenvalue weighted by Crippen LogP contribution is -2.53. The van der Waals surface area contributed by atoms with E-state index in [-0.39, 0.29) is 11.3 Å². The first-order valence-corrected chi connectivity index (χ1v) is 4.24. The molecule has 1 heterocycles. The van der Waals surface area contributed by atoms with E-state index in [2.05, 4.69) is 5.38 Å². The molecule has 0 aliphatic carbocycles. The minimum atomic E-state index is -5.82. The molecule has 0 atom stereocenters. The van der Waals surface area contributed by atoms with Crippen molar-refractivity contribution in [2.75, 3.05) is 0 Å². The van der Waals surface area contributed by atoms with Crippen LogP contribution in [0.5, 0.6) is 0 Å². The molecule has 1 nitrogen and oxygen atoms in total. The highest BCUT2D eigenvalue weighted by Gasteiger charge is 2.72. The number of aliphatic hydroxyl groups is 1. The van der Waals surface area contributed by atoms with E-state index >= 15 is 0 Å². The Morgan fingerprint density at radius 1 is 1.07 bits per heavy atom. The number of hydrogen-bond acceptors (Lipinski definition) is 2. The molecule has 85 valence electrons. The van der Waals surface area contributed by atoms with Crippen LogP contribution >= 0.6 is 11.3 Å². The van der Waals surface area contributed by atoms with Crippen LogP contribution in [-0.4, -0.2) is 17.5 Å². The molecule has 1 rings (SSSR count).